The fourth-order valence-electron chi connectivity index (χ4n) is 3.04. The minimum absolute atomic E-state index is 0.238. The van der Waals surface area contributed by atoms with Crippen molar-refractivity contribution in [2.45, 2.75) is 104 Å². The van der Waals surface area contributed by atoms with Crippen LogP contribution in [-0.4, -0.2) is 40.8 Å². The van der Waals surface area contributed by atoms with Gasteiger partial charge >= 0.3 is 17.9 Å². The third kappa shape index (κ3) is 13.5. The molecule has 0 unspecified atom stereocenters. The van der Waals surface area contributed by atoms with Crippen LogP contribution in [-0.2, 0) is 14.3 Å². The molecule has 0 fully saturated rings. The van der Waals surface area contributed by atoms with Gasteiger partial charge in [0.15, 0.2) is 0 Å². The quantitative estimate of drug-likeness (QED) is 0.275. The third-order valence-electron chi connectivity index (χ3n) is 4.48. The van der Waals surface area contributed by atoms with Crippen LogP contribution in [0.5, 0.6) is 5.75 Å². The molecule has 1 aromatic rings. The van der Waals surface area contributed by atoms with E-state index in [0.717, 1.165) is 44.9 Å². The van der Waals surface area contributed by atoms with Gasteiger partial charge < -0.3 is 19.3 Å². The highest BCUT2D eigenvalue weighted by atomic mass is 16.6. The molecule has 0 radical (unpaired) electrons. The Balaban J connectivity index is 2.66. The van der Waals surface area contributed by atoms with E-state index in [-0.39, 0.29) is 17.5 Å². The first-order chi connectivity index (χ1) is 15.3. The number of carboxylic acid groups (broad SMARTS) is 1. The zero-order valence-corrected chi connectivity index (χ0v) is 21.0. The zero-order chi connectivity index (χ0) is 25.1. The van der Waals surface area contributed by atoms with Gasteiger partial charge in [0, 0.05) is 6.42 Å². The number of aliphatic carboxylic acids is 1. The van der Waals surface area contributed by atoms with Gasteiger partial charge in [-0.1, -0.05) is 32.1 Å². The van der Waals surface area contributed by atoms with Gasteiger partial charge in [0.25, 0.3) is 0 Å². The van der Waals surface area contributed by atoms with Gasteiger partial charge in [0.2, 0.25) is 0 Å². The summed E-state index contributed by atoms with van der Waals surface area (Å²) in [6.07, 6.45) is 6.89. The van der Waals surface area contributed by atoms with Crippen molar-refractivity contribution in [1.29, 1.82) is 0 Å². The van der Waals surface area contributed by atoms with Crippen LogP contribution in [0.1, 0.15) is 114 Å². The third-order valence-corrected chi connectivity index (χ3v) is 4.48. The molecule has 1 N–H and O–H groups in total. The second kappa shape index (κ2) is 13.2. The number of carbonyl (C=O) groups is 3. The summed E-state index contributed by atoms with van der Waals surface area (Å²) >= 11 is 0. The van der Waals surface area contributed by atoms with E-state index in [0.29, 0.717) is 12.4 Å². The van der Waals surface area contributed by atoms with Crippen molar-refractivity contribution in [1.82, 2.24) is 0 Å². The molecule has 1 rings (SSSR count). The summed E-state index contributed by atoms with van der Waals surface area (Å²) in [5, 5.41) is 8.64. The van der Waals surface area contributed by atoms with Crippen molar-refractivity contribution >= 4 is 17.9 Å². The number of ether oxygens (including phenoxy) is 3. The number of rotatable bonds is 13. The summed E-state index contributed by atoms with van der Waals surface area (Å²) in [5.41, 5.74) is -0.837. The molecule has 0 atom stereocenters. The second-order valence-electron chi connectivity index (χ2n) is 10.2. The lowest BCUT2D eigenvalue weighted by Gasteiger charge is -2.21. The lowest BCUT2D eigenvalue weighted by atomic mass is 10.1. The van der Waals surface area contributed by atoms with Crippen LogP contribution in [0.2, 0.25) is 0 Å². The number of benzene rings is 1. The molecule has 0 heterocycles. The van der Waals surface area contributed by atoms with Crippen LogP contribution in [0, 0.1) is 0 Å². The van der Waals surface area contributed by atoms with E-state index in [1.807, 2.05) is 0 Å². The van der Waals surface area contributed by atoms with E-state index < -0.39 is 29.1 Å². The van der Waals surface area contributed by atoms with Crippen molar-refractivity contribution in [3.05, 3.63) is 29.3 Å². The molecule has 0 aliphatic carbocycles. The molecular formula is C26H40O7. The molecule has 0 saturated heterocycles. The van der Waals surface area contributed by atoms with Crippen LogP contribution in [0.15, 0.2) is 18.2 Å². The lowest BCUT2D eigenvalue weighted by molar-refractivity contribution is -0.137. The Hall–Kier alpha value is -2.57. The fraction of sp³-hybridized carbons (Fsp3) is 0.654. The van der Waals surface area contributed by atoms with Crippen LogP contribution in [0.4, 0.5) is 0 Å². The van der Waals surface area contributed by atoms with Crippen molar-refractivity contribution < 1.29 is 33.7 Å². The number of hydrogen-bond acceptors (Lipinski definition) is 6. The summed E-state index contributed by atoms with van der Waals surface area (Å²) in [6.45, 7) is 11.2. The van der Waals surface area contributed by atoms with Crippen molar-refractivity contribution in [3.8, 4) is 5.75 Å². The van der Waals surface area contributed by atoms with E-state index in [2.05, 4.69) is 0 Å². The van der Waals surface area contributed by atoms with Crippen LogP contribution < -0.4 is 4.74 Å². The first-order valence-corrected chi connectivity index (χ1v) is 11.7. The Kier molecular flexibility index (Phi) is 11.4. The van der Waals surface area contributed by atoms with Crippen molar-refractivity contribution in [3.63, 3.8) is 0 Å². The van der Waals surface area contributed by atoms with Crippen LogP contribution in [0.25, 0.3) is 0 Å². The second-order valence-corrected chi connectivity index (χ2v) is 10.2. The van der Waals surface area contributed by atoms with E-state index in [1.54, 1.807) is 53.7 Å². The molecule has 33 heavy (non-hydrogen) atoms. The standard InChI is InChI=1S/C26H40O7/c1-25(2,3)32-23(29)19-16-20(24(30)33-26(4,5)6)18-21(17-19)31-15-13-11-9-7-8-10-12-14-22(27)28/h16-18H,7-15H2,1-6H3,(H,27,28). The molecule has 7 nitrogen and oxygen atoms in total. The monoisotopic (exact) mass is 464 g/mol. The Bertz CT molecular complexity index is 739. The maximum atomic E-state index is 12.6. The maximum Gasteiger partial charge on any atom is 0.338 e. The van der Waals surface area contributed by atoms with Gasteiger partial charge in [-0.15, -0.1) is 0 Å². The molecule has 1 aromatic carbocycles. The average Bonchev–Trinajstić information content (AvgIpc) is 2.66. The number of hydrogen-bond donors (Lipinski definition) is 1. The topological polar surface area (TPSA) is 99.1 Å². The smallest absolute Gasteiger partial charge is 0.338 e. The minimum atomic E-state index is -0.738. The summed E-state index contributed by atoms with van der Waals surface area (Å²) < 4.78 is 16.7. The molecule has 0 aliphatic rings. The average molecular weight is 465 g/mol. The molecule has 0 bridgehead atoms. The van der Waals surface area contributed by atoms with E-state index in [1.165, 1.54) is 6.07 Å². The van der Waals surface area contributed by atoms with Gasteiger partial charge in [-0.2, -0.15) is 0 Å². The molecular weight excluding hydrogens is 424 g/mol. The highest BCUT2D eigenvalue weighted by Gasteiger charge is 2.23. The Morgan fingerprint density at radius 1 is 0.697 bits per heavy atom. The highest BCUT2D eigenvalue weighted by molar-refractivity contribution is 5.96. The highest BCUT2D eigenvalue weighted by Crippen LogP contribution is 2.23. The number of carboxylic acids is 1. The normalized spacial score (nSPS) is 11.7. The number of carbonyl (C=O) groups excluding carboxylic acids is 2. The summed E-state index contributed by atoms with van der Waals surface area (Å²) in [6, 6.07) is 4.65. The van der Waals surface area contributed by atoms with Crippen molar-refractivity contribution in [2.24, 2.45) is 0 Å². The number of esters is 2. The van der Waals surface area contributed by atoms with Gasteiger partial charge in [0.1, 0.15) is 17.0 Å². The Labute approximate surface area is 197 Å². The Morgan fingerprint density at radius 3 is 1.55 bits per heavy atom. The van der Waals surface area contributed by atoms with Gasteiger partial charge in [0.05, 0.1) is 17.7 Å². The predicted molar refractivity (Wildman–Crippen MR) is 127 cm³/mol. The zero-order valence-electron chi connectivity index (χ0n) is 21.0. The molecule has 0 saturated carbocycles. The summed E-state index contributed by atoms with van der Waals surface area (Å²) in [4.78, 5) is 35.6. The molecule has 0 amide bonds. The molecule has 0 spiro atoms. The molecule has 0 aromatic heterocycles. The van der Waals surface area contributed by atoms with Crippen LogP contribution in [0.3, 0.4) is 0 Å². The SMILES string of the molecule is CC(C)(C)OC(=O)c1cc(OCCCCCCCCCC(=O)O)cc(C(=O)OC(C)(C)C)c1. The van der Waals surface area contributed by atoms with Crippen molar-refractivity contribution in [2.75, 3.05) is 6.61 Å². The first-order valence-electron chi connectivity index (χ1n) is 11.7. The first kappa shape index (κ1) is 28.5. The predicted octanol–water partition coefficient (Wildman–Crippen LogP) is 6.18. The van der Waals surface area contributed by atoms with Gasteiger partial charge in [-0.25, -0.2) is 9.59 Å². The van der Waals surface area contributed by atoms with E-state index >= 15 is 0 Å². The molecule has 0 aliphatic heterocycles. The van der Waals surface area contributed by atoms with Gasteiger partial charge in [-0.3, -0.25) is 4.79 Å². The van der Waals surface area contributed by atoms with E-state index in [9.17, 15) is 14.4 Å². The van der Waals surface area contributed by atoms with E-state index in [4.69, 9.17) is 19.3 Å². The van der Waals surface area contributed by atoms with Gasteiger partial charge in [-0.05, 0) is 72.6 Å². The lowest BCUT2D eigenvalue weighted by Crippen LogP contribution is -2.25. The summed E-state index contributed by atoms with van der Waals surface area (Å²) in [7, 11) is 0. The summed E-state index contributed by atoms with van der Waals surface area (Å²) in [5.74, 6) is -1.37. The maximum absolute atomic E-state index is 12.6. The van der Waals surface area contributed by atoms with Crippen LogP contribution >= 0.6 is 0 Å². The molecule has 186 valence electrons. The Morgan fingerprint density at radius 2 is 1.12 bits per heavy atom. The molecule has 7 heteroatoms. The number of unbranched alkanes of at least 4 members (excludes halogenated alkanes) is 6. The minimum Gasteiger partial charge on any atom is -0.494 e. The fourth-order valence-corrected chi connectivity index (χ4v) is 3.04. The largest absolute Gasteiger partial charge is 0.494 e.